The quantitative estimate of drug-likeness (QED) is 0.523. The van der Waals surface area contributed by atoms with Crippen molar-refractivity contribution in [1.82, 2.24) is 10.7 Å². The Hall–Kier alpha value is -1.40. The number of carbonyl (C=O) groups is 1. The van der Waals surface area contributed by atoms with Crippen LogP contribution >= 0.6 is 22.6 Å². The number of amides is 1. The molecular formula is C12H14FIN4O. The molecule has 0 bridgehead atoms. The number of hydrazine groups is 1. The summed E-state index contributed by atoms with van der Waals surface area (Å²) in [6.07, 6.45) is 0.791. The summed E-state index contributed by atoms with van der Waals surface area (Å²) in [6, 6.07) is 5.32. The van der Waals surface area contributed by atoms with Crippen molar-refractivity contribution in [2.75, 3.05) is 12.0 Å². The predicted octanol–water partition coefficient (Wildman–Crippen LogP) is 1.77. The molecule has 0 aromatic heterocycles. The lowest BCUT2D eigenvalue weighted by Crippen LogP contribution is -2.46. The first-order valence-corrected chi connectivity index (χ1v) is 6.81. The van der Waals surface area contributed by atoms with E-state index in [1.807, 2.05) is 35.6 Å². The average molecular weight is 376 g/mol. The van der Waals surface area contributed by atoms with Crippen LogP contribution in [0, 0.1) is 20.7 Å². The molecule has 0 aliphatic rings. The van der Waals surface area contributed by atoms with E-state index in [0.717, 1.165) is 6.42 Å². The summed E-state index contributed by atoms with van der Waals surface area (Å²) in [5.41, 5.74) is 5.73. The van der Waals surface area contributed by atoms with Crippen LogP contribution in [-0.2, 0) is 4.79 Å². The standard InChI is InChI=1S/C12H14FIN4O/c1-2-6-16-12(19)10(7-15)18-17-9-5-3-4-8(13)11(9)14/h3-5,10,17-18H,2,6H2,1H3,(H,16,19). The van der Waals surface area contributed by atoms with Gasteiger partial charge in [-0.2, -0.15) is 5.26 Å². The van der Waals surface area contributed by atoms with Gasteiger partial charge in [-0.15, -0.1) is 0 Å². The smallest absolute Gasteiger partial charge is 0.253 e. The third-order valence-electron chi connectivity index (χ3n) is 2.24. The second-order valence-electron chi connectivity index (χ2n) is 3.72. The maximum Gasteiger partial charge on any atom is 0.253 e. The molecule has 1 rings (SSSR count). The van der Waals surface area contributed by atoms with E-state index in [0.29, 0.717) is 15.8 Å². The highest BCUT2D eigenvalue weighted by atomic mass is 127. The number of halogens is 2. The SMILES string of the molecule is CCCNC(=O)C(C#N)NNc1cccc(F)c1I. The lowest BCUT2D eigenvalue weighted by Gasteiger charge is -2.14. The van der Waals surface area contributed by atoms with Gasteiger partial charge in [-0.1, -0.05) is 13.0 Å². The number of anilines is 1. The van der Waals surface area contributed by atoms with Crippen LogP contribution in [0.5, 0.6) is 0 Å². The maximum atomic E-state index is 13.3. The van der Waals surface area contributed by atoms with E-state index in [-0.39, 0.29) is 5.82 Å². The molecule has 5 nitrogen and oxygen atoms in total. The molecule has 0 saturated carbocycles. The van der Waals surface area contributed by atoms with Crippen LogP contribution in [0.25, 0.3) is 0 Å². The van der Waals surface area contributed by atoms with Crippen LogP contribution in [0.3, 0.4) is 0 Å². The van der Waals surface area contributed by atoms with Crippen LogP contribution < -0.4 is 16.2 Å². The minimum Gasteiger partial charge on any atom is -0.354 e. The molecule has 1 aromatic carbocycles. The summed E-state index contributed by atoms with van der Waals surface area (Å²) in [7, 11) is 0. The van der Waals surface area contributed by atoms with Crippen LogP contribution in [0.1, 0.15) is 13.3 Å². The van der Waals surface area contributed by atoms with Crippen molar-refractivity contribution >= 4 is 34.2 Å². The van der Waals surface area contributed by atoms with Gasteiger partial charge in [0.15, 0.2) is 6.04 Å². The normalized spacial score (nSPS) is 11.5. The van der Waals surface area contributed by atoms with Gasteiger partial charge in [0.05, 0.1) is 15.3 Å². The van der Waals surface area contributed by atoms with Gasteiger partial charge in [0.2, 0.25) is 0 Å². The Bertz CT molecular complexity index is 489. The minimum absolute atomic E-state index is 0.364. The molecule has 1 unspecified atom stereocenters. The van der Waals surface area contributed by atoms with E-state index in [1.54, 1.807) is 12.1 Å². The van der Waals surface area contributed by atoms with Gasteiger partial charge in [0.25, 0.3) is 5.91 Å². The van der Waals surface area contributed by atoms with Crippen molar-refractivity contribution in [2.24, 2.45) is 0 Å². The molecule has 0 heterocycles. The summed E-state index contributed by atoms with van der Waals surface area (Å²) >= 11 is 1.84. The van der Waals surface area contributed by atoms with Crippen molar-refractivity contribution in [3.63, 3.8) is 0 Å². The molecule has 3 N–H and O–H groups in total. The van der Waals surface area contributed by atoms with Gasteiger partial charge in [-0.25, -0.2) is 9.82 Å². The van der Waals surface area contributed by atoms with Gasteiger partial charge < -0.3 is 10.7 Å². The number of hydrogen-bond acceptors (Lipinski definition) is 4. The summed E-state index contributed by atoms with van der Waals surface area (Å²) in [5.74, 6) is -0.778. The first-order valence-electron chi connectivity index (χ1n) is 5.73. The molecule has 0 radical (unpaired) electrons. The topological polar surface area (TPSA) is 77.0 Å². The Kier molecular flexibility index (Phi) is 6.52. The molecule has 19 heavy (non-hydrogen) atoms. The number of rotatable bonds is 6. The number of nitrogens with one attached hydrogen (secondary N) is 3. The minimum atomic E-state index is -1.04. The van der Waals surface area contributed by atoms with E-state index >= 15 is 0 Å². The van der Waals surface area contributed by atoms with Crippen molar-refractivity contribution < 1.29 is 9.18 Å². The van der Waals surface area contributed by atoms with Crippen LogP contribution in [0.2, 0.25) is 0 Å². The summed E-state index contributed by atoms with van der Waals surface area (Å²) in [5, 5.41) is 11.5. The molecule has 0 aliphatic carbocycles. The molecule has 0 aliphatic heterocycles. The zero-order valence-corrected chi connectivity index (χ0v) is 12.5. The molecule has 1 amide bonds. The molecule has 0 spiro atoms. The summed E-state index contributed by atoms with van der Waals surface area (Å²) in [4.78, 5) is 11.6. The number of hydrogen-bond donors (Lipinski definition) is 3. The Morgan fingerprint density at radius 3 is 2.95 bits per heavy atom. The Balaban J connectivity index is 2.61. The lowest BCUT2D eigenvalue weighted by atomic mass is 10.3. The van der Waals surface area contributed by atoms with Crippen molar-refractivity contribution in [3.8, 4) is 6.07 Å². The fourth-order valence-electron chi connectivity index (χ4n) is 1.26. The fourth-order valence-corrected chi connectivity index (χ4v) is 1.75. The predicted molar refractivity (Wildman–Crippen MR) is 78.6 cm³/mol. The van der Waals surface area contributed by atoms with E-state index < -0.39 is 11.9 Å². The first-order chi connectivity index (χ1) is 9.10. The van der Waals surface area contributed by atoms with Crippen LogP contribution in [-0.4, -0.2) is 18.5 Å². The van der Waals surface area contributed by atoms with Gasteiger partial charge in [-0.3, -0.25) is 4.79 Å². The second kappa shape index (κ2) is 7.91. The Morgan fingerprint density at radius 2 is 2.32 bits per heavy atom. The first kappa shape index (κ1) is 15.7. The molecule has 7 heteroatoms. The number of nitrogens with zero attached hydrogens (tertiary/aromatic N) is 1. The van der Waals surface area contributed by atoms with E-state index in [9.17, 15) is 9.18 Å². The van der Waals surface area contributed by atoms with Crippen molar-refractivity contribution in [1.29, 1.82) is 5.26 Å². The molecule has 0 fully saturated rings. The molecule has 1 atom stereocenters. The van der Waals surface area contributed by atoms with Gasteiger partial charge in [0.1, 0.15) is 5.82 Å². The maximum absolute atomic E-state index is 13.3. The zero-order valence-electron chi connectivity index (χ0n) is 10.3. The highest BCUT2D eigenvalue weighted by Gasteiger charge is 2.16. The second-order valence-corrected chi connectivity index (χ2v) is 4.80. The van der Waals surface area contributed by atoms with Gasteiger partial charge >= 0.3 is 0 Å². The van der Waals surface area contributed by atoms with E-state index in [1.165, 1.54) is 6.07 Å². The molecular weight excluding hydrogens is 362 g/mol. The Morgan fingerprint density at radius 1 is 1.58 bits per heavy atom. The number of nitriles is 1. The number of carbonyl (C=O) groups excluding carboxylic acids is 1. The largest absolute Gasteiger partial charge is 0.354 e. The van der Waals surface area contributed by atoms with E-state index in [4.69, 9.17) is 5.26 Å². The lowest BCUT2D eigenvalue weighted by molar-refractivity contribution is -0.121. The molecule has 0 saturated heterocycles. The third-order valence-corrected chi connectivity index (χ3v) is 3.34. The summed E-state index contributed by atoms with van der Waals surface area (Å²) in [6.45, 7) is 2.43. The molecule has 1 aromatic rings. The fraction of sp³-hybridized carbons (Fsp3) is 0.333. The van der Waals surface area contributed by atoms with E-state index in [2.05, 4.69) is 16.2 Å². The monoisotopic (exact) mass is 376 g/mol. The third kappa shape index (κ3) is 4.65. The Labute approximate surface area is 124 Å². The highest BCUT2D eigenvalue weighted by Crippen LogP contribution is 2.19. The van der Waals surface area contributed by atoms with Crippen LogP contribution in [0.15, 0.2) is 18.2 Å². The number of benzene rings is 1. The zero-order chi connectivity index (χ0) is 14.3. The van der Waals surface area contributed by atoms with Gasteiger partial charge in [-0.05, 0) is 41.1 Å². The average Bonchev–Trinajstić information content (AvgIpc) is 2.41. The van der Waals surface area contributed by atoms with Crippen LogP contribution in [0.4, 0.5) is 10.1 Å². The summed E-state index contributed by atoms with van der Waals surface area (Å²) < 4.78 is 13.7. The molecule has 102 valence electrons. The van der Waals surface area contributed by atoms with Crippen molar-refractivity contribution in [3.05, 3.63) is 27.6 Å². The van der Waals surface area contributed by atoms with Gasteiger partial charge in [0, 0.05) is 6.54 Å². The van der Waals surface area contributed by atoms with Crippen molar-refractivity contribution in [2.45, 2.75) is 19.4 Å². The highest BCUT2D eigenvalue weighted by molar-refractivity contribution is 14.1.